The van der Waals surface area contributed by atoms with E-state index in [9.17, 15) is 9.59 Å². The largest absolute Gasteiger partial charge is 0.481 e. The predicted molar refractivity (Wildman–Crippen MR) is 50.0 cm³/mol. The van der Waals surface area contributed by atoms with Gasteiger partial charge in [0.1, 0.15) is 0 Å². The molecule has 4 atom stereocenters. The molecule has 15 heavy (non-hydrogen) atoms. The highest BCUT2D eigenvalue weighted by molar-refractivity contribution is 5.83. The van der Waals surface area contributed by atoms with Crippen LogP contribution in [0.1, 0.15) is 12.8 Å². The van der Waals surface area contributed by atoms with Crippen molar-refractivity contribution in [2.75, 3.05) is 0 Å². The maximum Gasteiger partial charge on any atom is 0.308 e. The average Bonchev–Trinajstić information content (AvgIpc) is 2.81. The lowest BCUT2D eigenvalue weighted by Crippen LogP contribution is -2.32. The molecule has 4 nitrogen and oxygen atoms in total. The van der Waals surface area contributed by atoms with Crippen molar-refractivity contribution in [3.8, 4) is 0 Å². The van der Waals surface area contributed by atoms with Gasteiger partial charge in [-0.15, -0.1) is 0 Å². The lowest BCUT2D eigenvalue weighted by Gasteiger charge is -2.20. The van der Waals surface area contributed by atoms with E-state index in [1.807, 2.05) is 12.2 Å². The van der Waals surface area contributed by atoms with Crippen molar-refractivity contribution in [3.05, 3.63) is 12.2 Å². The van der Waals surface area contributed by atoms with Gasteiger partial charge in [0, 0.05) is 0 Å². The Bertz CT molecular complexity index is 348. The second kappa shape index (κ2) is 2.43. The lowest BCUT2D eigenvalue weighted by molar-refractivity contribution is -0.154. The van der Waals surface area contributed by atoms with Gasteiger partial charge in [-0.3, -0.25) is 9.59 Å². The Morgan fingerprint density at radius 2 is 1.40 bits per heavy atom. The first-order chi connectivity index (χ1) is 7.08. The van der Waals surface area contributed by atoms with E-state index in [0.29, 0.717) is 0 Å². The Kier molecular flexibility index (Phi) is 1.45. The maximum absolute atomic E-state index is 11.1. The molecule has 4 heteroatoms. The van der Waals surface area contributed by atoms with E-state index in [-0.39, 0.29) is 17.3 Å². The zero-order valence-electron chi connectivity index (χ0n) is 8.09. The Labute approximate surface area is 86.6 Å². The Morgan fingerprint density at radius 1 is 1.00 bits per heavy atom. The molecule has 3 aliphatic carbocycles. The number of rotatable bonds is 2. The van der Waals surface area contributed by atoms with Crippen molar-refractivity contribution in [3.63, 3.8) is 0 Å². The van der Waals surface area contributed by atoms with Crippen LogP contribution in [0.2, 0.25) is 0 Å². The molecule has 0 heterocycles. The summed E-state index contributed by atoms with van der Waals surface area (Å²) in [6, 6.07) is 0. The zero-order valence-corrected chi connectivity index (χ0v) is 8.09. The second-order valence-corrected chi connectivity index (χ2v) is 4.90. The molecular weight excluding hydrogens is 196 g/mol. The van der Waals surface area contributed by atoms with Crippen molar-refractivity contribution in [2.24, 2.45) is 29.1 Å². The molecule has 0 amide bonds. The minimum Gasteiger partial charge on any atom is -0.481 e. The van der Waals surface area contributed by atoms with E-state index in [2.05, 4.69) is 0 Å². The molecule has 0 aromatic heterocycles. The van der Waals surface area contributed by atoms with Gasteiger partial charge in [-0.1, -0.05) is 12.2 Å². The predicted octanol–water partition coefficient (Wildman–Crippen LogP) is 0.984. The van der Waals surface area contributed by atoms with Crippen LogP contribution in [0.25, 0.3) is 0 Å². The lowest BCUT2D eigenvalue weighted by atomic mass is 9.83. The first-order valence-electron chi connectivity index (χ1n) is 5.22. The molecule has 3 rings (SSSR count). The molecule has 2 fully saturated rings. The summed E-state index contributed by atoms with van der Waals surface area (Å²) in [6.07, 6.45) is 5.83. The summed E-state index contributed by atoms with van der Waals surface area (Å²) in [5, 5.41) is 18.2. The SMILES string of the molecule is O=C(O)C1C(C(=O)O)C2C=CC1C21CC1. The fourth-order valence-electron chi connectivity index (χ4n) is 3.67. The molecule has 4 unspecified atom stereocenters. The molecule has 0 saturated heterocycles. The first-order valence-corrected chi connectivity index (χ1v) is 5.22. The molecule has 0 radical (unpaired) electrons. The van der Waals surface area contributed by atoms with Crippen molar-refractivity contribution < 1.29 is 19.8 Å². The van der Waals surface area contributed by atoms with Gasteiger partial charge in [0.05, 0.1) is 11.8 Å². The fraction of sp³-hybridized carbons (Fsp3) is 0.636. The molecule has 80 valence electrons. The average molecular weight is 208 g/mol. The quantitative estimate of drug-likeness (QED) is 0.663. The van der Waals surface area contributed by atoms with E-state index in [1.54, 1.807) is 0 Å². The number of allylic oxidation sites excluding steroid dienone is 2. The first kappa shape index (κ1) is 8.95. The summed E-state index contributed by atoms with van der Waals surface area (Å²) in [4.78, 5) is 22.2. The smallest absolute Gasteiger partial charge is 0.308 e. The van der Waals surface area contributed by atoms with Gasteiger partial charge in [0.2, 0.25) is 0 Å². The molecule has 2 bridgehead atoms. The molecule has 2 N–H and O–H groups in total. The summed E-state index contributed by atoms with van der Waals surface area (Å²) in [5.74, 6) is -3.40. The van der Waals surface area contributed by atoms with Crippen LogP contribution in [0.15, 0.2) is 12.2 Å². The van der Waals surface area contributed by atoms with Crippen molar-refractivity contribution in [1.29, 1.82) is 0 Å². The van der Waals surface area contributed by atoms with Gasteiger partial charge >= 0.3 is 11.9 Å². The Balaban J connectivity index is 2.05. The van der Waals surface area contributed by atoms with Crippen LogP contribution in [0, 0.1) is 29.1 Å². The standard InChI is InChI=1S/C11H12O4/c12-9(13)7-5-1-2-6(8(7)10(14)15)11(5)3-4-11/h1-2,5-8H,3-4H2,(H,12,13)(H,14,15). The molecular formula is C11H12O4. The molecule has 0 aromatic carbocycles. The number of aliphatic carboxylic acids is 2. The number of carbonyl (C=O) groups is 2. The maximum atomic E-state index is 11.1. The zero-order chi connectivity index (χ0) is 10.8. The summed E-state index contributed by atoms with van der Waals surface area (Å²) in [5.41, 5.74) is 0.00606. The molecule has 2 saturated carbocycles. The van der Waals surface area contributed by atoms with E-state index >= 15 is 0 Å². The minimum atomic E-state index is -0.953. The van der Waals surface area contributed by atoms with E-state index < -0.39 is 23.8 Å². The van der Waals surface area contributed by atoms with Gasteiger partial charge in [-0.25, -0.2) is 0 Å². The highest BCUT2D eigenvalue weighted by Gasteiger charge is 2.70. The van der Waals surface area contributed by atoms with Crippen LogP contribution in [-0.4, -0.2) is 22.2 Å². The van der Waals surface area contributed by atoms with Gasteiger partial charge in [0.25, 0.3) is 0 Å². The monoisotopic (exact) mass is 208 g/mol. The van der Waals surface area contributed by atoms with Gasteiger partial charge < -0.3 is 10.2 Å². The van der Waals surface area contributed by atoms with E-state index in [1.165, 1.54) is 0 Å². The minimum absolute atomic E-state index is 0.00606. The number of carboxylic acids is 2. The van der Waals surface area contributed by atoms with Gasteiger partial charge in [0.15, 0.2) is 0 Å². The third kappa shape index (κ3) is 0.874. The van der Waals surface area contributed by atoms with E-state index in [4.69, 9.17) is 10.2 Å². The molecule has 1 spiro atoms. The van der Waals surface area contributed by atoms with Crippen molar-refractivity contribution in [2.45, 2.75) is 12.8 Å². The van der Waals surface area contributed by atoms with Gasteiger partial charge in [-0.2, -0.15) is 0 Å². The van der Waals surface area contributed by atoms with Crippen molar-refractivity contribution >= 4 is 11.9 Å². The fourth-order valence-corrected chi connectivity index (χ4v) is 3.67. The highest BCUT2D eigenvalue weighted by Crippen LogP contribution is 2.71. The van der Waals surface area contributed by atoms with Crippen molar-refractivity contribution in [1.82, 2.24) is 0 Å². The van der Waals surface area contributed by atoms with E-state index in [0.717, 1.165) is 12.8 Å². The van der Waals surface area contributed by atoms with Gasteiger partial charge in [-0.05, 0) is 30.1 Å². The molecule has 0 aliphatic heterocycles. The molecule has 3 aliphatic rings. The van der Waals surface area contributed by atoms with Crippen LogP contribution >= 0.6 is 0 Å². The normalized spacial score (nSPS) is 43.5. The number of carboxylic acid groups (broad SMARTS) is 2. The third-order valence-corrected chi connectivity index (χ3v) is 4.41. The van der Waals surface area contributed by atoms with Crippen LogP contribution in [0.3, 0.4) is 0 Å². The Hall–Kier alpha value is -1.32. The summed E-state index contributed by atoms with van der Waals surface area (Å²) in [6.45, 7) is 0. The summed E-state index contributed by atoms with van der Waals surface area (Å²) in [7, 11) is 0. The number of hydrogen-bond donors (Lipinski definition) is 2. The topological polar surface area (TPSA) is 74.6 Å². The van der Waals surface area contributed by atoms with Crippen LogP contribution in [0.5, 0.6) is 0 Å². The van der Waals surface area contributed by atoms with Crippen LogP contribution in [0.4, 0.5) is 0 Å². The summed E-state index contributed by atoms with van der Waals surface area (Å²) < 4.78 is 0. The third-order valence-electron chi connectivity index (χ3n) is 4.41. The Morgan fingerprint density at radius 3 is 1.67 bits per heavy atom. The van der Waals surface area contributed by atoms with Crippen LogP contribution in [-0.2, 0) is 9.59 Å². The molecule has 0 aromatic rings. The van der Waals surface area contributed by atoms with Crippen LogP contribution < -0.4 is 0 Å². The number of hydrogen-bond acceptors (Lipinski definition) is 2. The highest BCUT2D eigenvalue weighted by atomic mass is 16.4. The summed E-state index contributed by atoms with van der Waals surface area (Å²) >= 11 is 0. The second-order valence-electron chi connectivity index (χ2n) is 4.90.